The predicted molar refractivity (Wildman–Crippen MR) is 68.6 cm³/mol. The smallest absolute Gasteiger partial charge is 0.403 e. The lowest BCUT2D eigenvalue weighted by molar-refractivity contribution is -0.106. The molecule has 0 bridgehead atoms. The van der Waals surface area contributed by atoms with Crippen molar-refractivity contribution in [1.82, 2.24) is 0 Å². The predicted octanol–water partition coefficient (Wildman–Crippen LogP) is 3.18. The number of methoxy groups -OCH3 is 1. The van der Waals surface area contributed by atoms with Gasteiger partial charge in [0.05, 0.1) is 12.0 Å². The zero-order valence-electron chi connectivity index (χ0n) is 10.4. The van der Waals surface area contributed by atoms with Crippen molar-refractivity contribution in [2.45, 2.75) is 11.1 Å². The molecule has 2 aromatic rings. The van der Waals surface area contributed by atoms with Crippen molar-refractivity contribution in [3.05, 3.63) is 36.4 Å². The maximum absolute atomic E-state index is 12.3. The first kappa shape index (κ1) is 14.6. The van der Waals surface area contributed by atoms with Crippen molar-refractivity contribution in [3.63, 3.8) is 0 Å². The standard InChI is InChI=1S/C13H11F3O3S/c1-19-11-4-2-9-3-5-12(7-10(9)6-11)20(17,18)8-13(14,15)16/h2-7H,8H2,1H3. The van der Waals surface area contributed by atoms with Crippen LogP contribution in [0.3, 0.4) is 0 Å². The van der Waals surface area contributed by atoms with Crippen LogP contribution in [0.15, 0.2) is 41.3 Å². The summed E-state index contributed by atoms with van der Waals surface area (Å²) in [6, 6.07) is 8.83. The maximum Gasteiger partial charge on any atom is 0.403 e. The Kier molecular flexibility index (Phi) is 3.64. The SMILES string of the molecule is COc1ccc2ccc(S(=O)(=O)CC(F)(F)F)cc2c1. The molecule has 0 aliphatic heterocycles. The summed E-state index contributed by atoms with van der Waals surface area (Å²) < 4.78 is 65.2. The minimum absolute atomic E-state index is 0.351. The Labute approximate surface area is 113 Å². The summed E-state index contributed by atoms with van der Waals surface area (Å²) >= 11 is 0. The third-order valence-corrected chi connectivity index (χ3v) is 4.41. The maximum atomic E-state index is 12.3. The molecule has 7 heteroatoms. The second kappa shape index (κ2) is 4.97. The van der Waals surface area contributed by atoms with Crippen molar-refractivity contribution >= 4 is 20.6 Å². The van der Waals surface area contributed by atoms with E-state index in [-0.39, 0.29) is 4.90 Å². The van der Waals surface area contributed by atoms with E-state index in [1.807, 2.05) is 0 Å². The van der Waals surface area contributed by atoms with Gasteiger partial charge in [0.15, 0.2) is 15.6 Å². The summed E-state index contributed by atoms with van der Waals surface area (Å²) in [5.41, 5.74) is 0. The Balaban J connectivity index is 2.50. The Morgan fingerprint density at radius 3 is 2.30 bits per heavy atom. The third-order valence-electron chi connectivity index (χ3n) is 2.73. The topological polar surface area (TPSA) is 43.4 Å². The minimum atomic E-state index is -4.76. The molecule has 0 radical (unpaired) electrons. The highest BCUT2D eigenvalue weighted by Crippen LogP contribution is 2.27. The second-order valence-electron chi connectivity index (χ2n) is 4.25. The van der Waals surface area contributed by atoms with Crippen LogP contribution < -0.4 is 4.74 Å². The highest BCUT2D eigenvalue weighted by molar-refractivity contribution is 7.91. The van der Waals surface area contributed by atoms with Gasteiger partial charge in [-0.1, -0.05) is 12.1 Å². The van der Waals surface area contributed by atoms with Crippen LogP contribution in [0.1, 0.15) is 0 Å². The monoisotopic (exact) mass is 304 g/mol. The Morgan fingerprint density at radius 2 is 1.70 bits per heavy atom. The highest BCUT2D eigenvalue weighted by Gasteiger charge is 2.35. The van der Waals surface area contributed by atoms with Crippen LogP contribution in [0.2, 0.25) is 0 Å². The van der Waals surface area contributed by atoms with Gasteiger partial charge < -0.3 is 4.74 Å². The van der Waals surface area contributed by atoms with Crippen LogP contribution in [-0.4, -0.2) is 27.5 Å². The largest absolute Gasteiger partial charge is 0.497 e. The number of benzene rings is 2. The van der Waals surface area contributed by atoms with Gasteiger partial charge in [-0.25, -0.2) is 8.42 Å². The van der Waals surface area contributed by atoms with Gasteiger partial charge in [-0.2, -0.15) is 13.2 Å². The normalized spacial score (nSPS) is 12.6. The average Bonchev–Trinajstić information content (AvgIpc) is 2.34. The van der Waals surface area contributed by atoms with E-state index < -0.39 is 21.8 Å². The van der Waals surface area contributed by atoms with Gasteiger partial charge in [0.25, 0.3) is 0 Å². The number of fused-ring (bicyclic) bond motifs is 1. The van der Waals surface area contributed by atoms with E-state index in [0.717, 1.165) is 5.39 Å². The molecule has 0 saturated carbocycles. The van der Waals surface area contributed by atoms with Gasteiger partial charge in [0.1, 0.15) is 5.75 Å². The average molecular weight is 304 g/mol. The molecule has 0 heterocycles. The van der Waals surface area contributed by atoms with Crippen molar-refractivity contribution in [2.24, 2.45) is 0 Å². The summed E-state index contributed by atoms with van der Waals surface area (Å²) in [5, 5.41) is 1.23. The van der Waals surface area contributed by atoms with E-state index in [0.29, 0.717) is 11.1 Å². The van der Waals surface area contributed by atoms with Crippen molar-refractivity contribution in [1.29, 1.82) is 0 Å². The molecule has 2 aromatic carbocycles. The van der Waals surface area contributed by atoms with Gasteiger partial charge in [0.2, 0.25) is 0 Å². The van der Waals surface area contributed by atoms with E-state index in [1.165, 1.54) is 25.3 Å². The lowest BCUT2D eigenvalue weighted by atomic mass is 10.1. The molecule has 108 valence electrons. The molecular weight excluding hydrogens is 293 g/mol. The van der Waals surface area contributed by atoms with E-state index >= 15 is 0 Å². The molecule has 0 atom stereocenters. The summed E-state index contributed by atoms with van der Waals surface area (Å²) in [6.45, 7) is 0. The lowest BCUT2D eigenvalue weighted by Gasteiger charge is -2.09. The number of ether oxygens (including phenoxy) is 1. The molecule has 2 rings (SSSR count). The van der Waals surface area contributed by atoms with Gasteiger partial charge in [-0.05, 0) is 35.0 Å². The zero-order chi connectivity index (χ0) is 15.0. The number of hydrogen-bond donors (Lipinski definition) is 0. The number of sulfone groups is 1. The molecule has 0 N–H and O–H groups in total. The Hall–Kier alpha value is -1.76. The van der Waals surface area contributed by atoms with Crippen LogP contribution in [0, 0.1) is 0 Å². The first-order valence-corrected chi connectivity index (χ1v) is 7.24. The molecule has 3 nitrogen and oxygen atoms in total. The van der Waals surface area contributed by atoms with E-state index in [2.05, 4.69) is 0 Å². The molecule has 0 unspecified atom stereocenters. The van der Waals surface area contributed by atoms with E-state index in [4.69, 9.17) is 4.74 Å². The van der Waals surface area contributed by atoms with Gasteiger partial charge in [0, 0.05) is 0 Å². The van der Waals surface area contributed by atoms with Crippen LogP contribution in [0.25, 0.3) is 10.8 Å². The number of hydrogen-bond acceptors (Lipinski definition) is 3. The summed E-state index contributed by atoms with van der Waals surface area (Å²) in [7, 11) is -2.95. The molecule has 0 spiro atoms. The molecule has 0 amide bonds. The summed E-state index contributed by atoms with van der Waals surface area (Å²) in [5.74, 6) is -1.36. The van der Waals surface area contributed by atoms with E-state index in [1.54, 1.807) is 18.2 Å². The molecule has 20 heavy (non-hydrogen) atoms. The van der Waals surface area contributed by atoms with Crippen molar-refractivity contribution in [3.8, 4) is 5.75 Å². The molecule has 0 aliphatic carbocycles. The molecule has 0 aliphatic rings. The highest BCUT2D eigenvalue weighted by atomic mass is 32.2. The number of alkyl halides is 3. The Morgan fingerprint density at radius 1 is 1.05 bits per heavy atom. The quantitative estimate of drug-likeness (QED) is 0.874. The first-order chi connectivity index (χ1) is 9.21. The summed E-state index contributed by atoms with van der Waals surface area (Å²) in [4.78, 5) is -0.351. The Bertz CT molecular complexity index is 736. The van der Waals surface area contributed by atoms with Gasteiger partial charge in [-0.15, -0.1) is 0 Å². The van der Waals surface area contributed by atoms with Crippen LogP contribution in [-0.2, 0) is 9.84 Å². The molecule has 0 fully saturated rings. The fourth-order valence-electron chi connectivity index (χ4n) is 1.82. The summed E-state index contributed by atoms with van der Waals surface area (Å²) in [6.07, 6.45) is -4.76. The molecule has 0 aromatic heterocycles. The van der Waals surface area contributed by atoms with Crippen LogP contribution >= 0.6 is 0 Å². The van der Waals surface area contributed by atoms with Crippen molar-refractivity contribution < 1.29 is 26.3 Å². The first-order valence-electron chi connectivity index (χ1n) is 5.59. The molecular formula is C13H11F3O3S. The minimum Gasteiger partial charge on any atom is -0.497 e. The molecule has 0 saturated heterocycles. The van der Waals surface area contributed by atoms with Crippen LogP contribution in [0.4, 0.5) is 13.2 Å². The number of halogens is 3. The lowest BCUT2D eigenvalue weighted by Crippen LogP contribution is -2.22. The third kappa shape index (κ3) is 3.22. The second-order valence-corrected chi connectivity index (χ2v) is 6.24. The van der Waals surface area contributed by atoms with Gasteiger partial charge >= 0.3 is 6.18 Å². The van der Waals surface area contributed by atoms with Crippen molar-refractivity contribution in [2.75, 3.05) is 12.9 Å². The van der Waals surface area contributed by atoms with Gasteiger partial charge in [-0.3, -0.25) is 0 Å². The van der Waals surface area contributed by atoms with Crippen LogP contribution in [0.5, 0.6) is 5.75 Å². The fourth-order valence-corrected chi connectivity index (χ4v) is 3.00. The zero-order valence-corrected chi connectivity index (χ0v) is 11.3. The van der Waals surface area contributed by atoms with E-state index in [9.17, 15) is 21.6 Å². The number of rotatable bonds is 3. The fraction of sp³-hybridized carbons (Fsp3) is 0.231.